The first-order chi connectivity index (χ1) is 18.7. The molecule has 0 unspecified atom stereocenters. The Balaban J connectivity index is 1.34. The third kappa shape index (κ3) is 4.73. The van der Waals surface area contributed by atoms with Crippen LogP contribution in [0.1, 0.15) is 28.7 Å². The zero-order valence-electron chi connectivity index (χ0n) is 21.9. The van der Waals surface area contributed by atoms with Gasteiger partial charge in [-0.2, -0.15) is 0 Å². The van der Waals surface area contributed by atoms with E-state index in [9.17, 15) is 0 Å². The Morgan fingerprint density at radius 2 is 1.13 bits per heavy atom. The number of hydrogen-bond acceptors (Lipinski definition) is 2. The van der Waals surface area contributed by atoms with Gasteiger partial charge in [-0.05, 0) is 61.5 Å². The summed E-state index contributed by atoms with van der Waals surface area (Å²) in [5.41, 5.74) is 7.86. The summed E-state index contributed by atoms with van der Waals surface area (Å²) in [5.74, 6) is 0. The maximum atomic E-state index is 5.28. The molecule has 0 bridgehead atoms. The molecule has 0 atom stereocenters. The largest absolute Gasteiger partial charge is 0.282 e. The molecule has 0 fully saturated rings. The second-order valence-corrected chi connectivity index (χ2v) is 12.2. The van der Waals surface area contributed by atoms with Gasteiger partial charge in [0.05, 0.1) is 17.1 Å². The molecule has 1 aliphatic carbocycles. The molecule has 1 aliphatic rings. The van der Waals surface area contributed by atoms with E-state index in [-0.39, 0.29) is 0 Å². The summed E-state index contributed by atoms with van der Waals surface area (Å²) in [5, 5.41) is 5.37. The van der Waals surface area contributed by atoms with Gasteiger partial charge in [-0.3, -0.25) is 4.99 Å². The first-order valence-electron chi connectivity index (χ1n) is 13.3. The van der Waals surface area contributed by atoms with Crippen LogP contribution < -0.4 is 10.6 Å². The van der Waals surface area contributed by atoms with Crippen molar-refractivity contribution in [1.82, 2.24) is 0 Å². The molecule has 2 nitrogen and oxygen atoms in total. The third-order valence-electron chi connectivity index (χ3n) is 7.25. The van der Waals surface area contributed by atoms with Gasteiger partial charge >= 0.3 is 0 Å². The first-order valence-corrected chi connectivity index (χ1v) is 14.8. The molecule has 5 aromatic rings. The highest BCUT2D eigenvalue weighted by molar-refractivity contribution is 7.73. The van der Waals surface area contributed by atoms with Crippen molar-refractivity contribution < 1.29 is 0 Å². The van der Waals surface area contributed by atoms with Crippen LogP contribution in [-0.4, -0.2) is 24.1 Å². The monoisotopic (exact) mass is 510 g/mol. The number of aliphatic imine (C=N–C) groups is 2. The van der Waals surface area contributed by atoms with Crippen LogP contribution in [0.2, 0.25) is 0 Å². The molecule has 0 spiro atoms. The lowest BCUT2D eigenvalue weighted by Crippen LogP contribution is -2.15. The Hall–Kier alpha value is -3.87. The van der Waals surface area contributed by atoms with E-state index in [2.05, 4.69) is 129 Å². The molecular weight excluding hydrogens is 479 g/mol. The lowest BCUT2D eigenvalue weighted by molar-refractivity contribution is 0.943. The van der Waals surface area contributed by atoms with E-state index >= 15 is 0 Å². The summed E-state index contributed by atoms with van der Waals surface area (Å²) >= 11 is 0. The third-order valence-corrected chi connectivity index (χ3v) is 9.85. The van der Waals surface area contributed by atoms with Crippen LogP contribution in [0.25, 0.3) is 10.8 Å². The fourth-order valence-corrected chi connectivity index (χ4v) is 7.74. The van der Waals surface area contributed by atoms with Crippen LogP contribution in [0.3, 0.4) is 0 Å². The summed E-state index contributed by atoms with van der Waals surface area (Å²) in [6.07, 6.45) is 2.14. The SMILES string of the molecule is Cc1cccc(C)c1N=C1C(=NCCCP(c2ccccc2)c2ccccc2)c2cccc3cccc1c23. The number of hydrogen-bond donors (Lipinski definition) is 0. The summed E-state index contributed by atoms with van der Waals surface area (Å²) in [6.45, 7) is 5.06. The van der Waals surface area contributed by atoms with Gasteiger partial charge in [0.1, 0.15) is 0 Å². The predicted octanol–water partition coefficient (Wildman–Crippen LogP) is 7.90. The number of benzene rings is 5. The van der Waals surface area contributed by atoms with Crippen molar-refractivity contribution in [3.05, 3.63) is 138 Å². The molecule has 6 rings (SSSR count). The lowest BCUT2D eigenvalue weighted by atomic mass is 10.1. The van der Waals surface area contributed by atoms with E-state index in [1.54, 1.807) is 0 Å². The van der Waals surface area contributed by atoms with Crippen LogP contribution in [0.4, 0.5) is 5.69 Å². The van der Waals surface area contributed by atoms with Crippen molar-refractivity contribution in [1.29, 1.82) is 0 Å². The molecule has 0 heterocycles. The Morgan fingerprint density at radius 1 is 0.579 bits per heavy atom. The van der Waals surface area contributed by atoms with Gasteiger partial charge in [0.25, 0.3) is 0 Å². The second kappa shape index (κ2) is 10.9. The maximum absolute atomic E-state index is 5.28. The number of rotatable bonds is 7. The molecule has 186 valence electrons. The maximum Gasteiger partial charge on any atom is 0.0974 e. The molecule has 3 heteroatoms. The highest BCUT2D eigenvalue weighted by Gasteiger charge is 2.27. The molecule has 0 saturated carbocycles. The normalized spacial score (nSPS) is 14.7. The predicted molar refractivity (Wildman–Crippen MR) is 166 cm³/mol. The first kappa shape index (κ1) is 24.5. The minimum absolute atomic E-state index is 0.415. The minimum Gasteiger partial charge on any atom is -0.282 e. The Kier molecular flexibility index (Phi) is 6.99. The average molecular weight is 511 g/mol. The van der Waals surface area contributed by atoms with Crippen molar-refractivity contribution in [2.24, 2.45) is 9.98 Å². The summed E-state index contributed by atoms with van der Waals surface area (Å²) in [6, 6.07) is 41.3. The fourth-order valence-electron chi connectivity index (χ4n) is 5.40. The number of para-hydroxylation sites is 1. The molecular formula is C35H31N2P. The van der Waals surface area contributed by atoms with E-state index in [1.165, 1.54) is 43.6 Å². The molecule has 38 heavy (non-hydrogen) atoms. The summed E-state index contributed by atoms with van der Waals surface area (Å²) < 4.78 is 0. The second-order valence-electron chi connectivity index (χ2n) is 9.82. The molecule has 0 saturated heterocycles. The minimum atomic E-state index is -0.415. The lowest BCUT2D eigenvalue weighted by Gasteiger charge is -2.18. The number of aryl methyl sites for hydroxylation is 2. The van der Waals surface area contributed by atoms with Crippen molar-refractivity contribution in [3.63, 3.8) is 0 Å². The van der Waals surface area contributed by atoms with Crippen LogP contribution in [0, 0.1) is 13.8 Å². The van der Waals surface area contributed by atoms with Crippen molar-refractivity contribution in [2.75, 3.05) is 12.7 Å². The molecule has 0 radical (unpaired) electrons. The zero-order chi connectivity index (χ0) is 25.9. The average Bonchev–Trinajstić information content (AvgIpc) is 3.25. The summed E-state index contributed by atoms with van der Waals surface area (Å²) in [7, 11) is -0.415. The highest BCUT2D eigenvalue weighted by Crippen LogP contribution is 2.36. The highest BCUT2D eigenvalue weighted by atomic mass is 31.1. The van der Waals surface area contributed by atoms with Gasteiger partial charge in [0.2, 0.25) is 0 Å². The van der Waals surface area contributed by atoms with E-state index in [0.717, 1.165) is 36.2 Å². The van der Waals surface area contributed by atoms with Crippen molar-refractivity contribution >= 4 is 46.4 Å². The quantitative estimate of drug-likeness (QED) is 0.157. The van der Waals surface area contributed by atoms with Gasteiger partial charge < -0.3 is 0 Å². The van der Waals surface area contributed by atoms with Crippen LogP contribution in [-0.2, 0) is 0 Å². The van der Waals surface area contributed by atoms with E-state index < -0.39 is 7.92 Å². The Bertz CT molecular complexity index is 1590. The van der Waals surface area contributed by atoms with Gasteiger partial charge in [0.15, 0.2) is 0 Å². The van der Waals surface area contributed by atoms with Crippen molar-refractivity contribution in [3.8, 4) is 0 Å². The summed E-state index contributed by atoms with van der Waals surface area (Å²) in [4.78, 5) is 10.5. The van der Waals surface area contributed by atoms with Gasteiger partial charge in [-0.15, -0.1) is 0 Å². The molecule has 0 aromatic heterocycles. The van der Waals surface area contributed by atoms with Crippen LogP contribution >= 0.6 is 7.92 Å². The van der Waals surface area contributed by atoms with Gasteiger partial charge in [-0.1, -0.05) is 115 Å². The zero-order valence-corrected chi connectivity index (χ0v) is 22.8. The van der Waals surface area contributed by atoms with E-state index in [0.29, 0.717) is 0 Å². The van der Waals surface area contributed by atoms with Crippen LogP contribution in [0.15, 0.2) is 125 Å². The standard InChI is InChI=1S/C35H31N2P/c1-25-13-9-14-26(2)33(25)37-35-31-22-11-16-27-15-10-21-30(32(27)31)34(35)36-23-12-24-38(28-17-5-3-6-18-28)29-19-7-4-8-20-29/h3-11,13-22H,12,23-24H2,1-2H3. The van der Waals surface area contributed by atoms with Crippen molar-refractivity contribution in [2.45, 2.75) is 20.3 Å². The van der Waals surface area contributed by atoms with Crippen LogP contribution in [0.5, 0.6) is 0 Å². The van der Waals surface area contributed by atoms with E-state index in [4.69, 9.17) is 9.98 Å². The van der Waals surface area contributed by atoms with Gasteiger partial charge in [-0.25, -0.2) is 4.99 Å². The molecule has 5 aromatic carbocycles. The van der Waals surface area contributed by atoms with E-state index in [1.807, 2.05) is 0 Å². The molecule has 0 aliphatic heterocycles. The Labute approximate surface area is 226 Å². The smallest absolute Gasteiger partial charge is 0.0974 e. The topological polar surface area (TPSA) is 24.7 Å². The number of nitrogens with zero attached hydrogens (tertiary/aromatic N) is 2. The molecule has 0 N–H and O–H groups in total. The fraction of sp³-hybridized carbons (Fsp3) is 0.143. The molecule has 0 amide bonds. The van der Waals surface area contributed by atoms with Gasteiger partial charge in [0, 0.05) is 23.1 Å². The Morgan fingerprint density at radius 3 is 1.74 bits per heavy atom.